The zero-order valence-corrected chi connectivity index (χ0v) is 19.3. The third-order valence-electron chi connectivity index (χ3n) is 7.32. The van der Waals surface area contributed by atoms with Gasteiger partial charge in [0.2, 0.25) is 0 Å². The highest BCUT2D eigenvalue weighted by Crippen LogP contribution is 2.42. The van der Waals surface area contributed by atoms with Crippen LogP contribution in [0.15, 0.2) is 24.3 Å². The molecule has 0 N–H and O–H groups in total. The molecule has 1 aromatic rings. The lowest BCUT2D eigenvalue weighted by Gasteiger charge is -2.32. The molecule has 2 fully saturated rings. The smallest absolute Gasteiger partial charge is 0.403 e. The maximum atomic E-state index is 6.26. The van der Waals surface area contributed by atoms with E-state index in [0.29, 0.717) is 0 Å². The first kappa shape index (κ1) is 21.9. The summed E-state index contributed by atoms with van der Waals surface area (Å²) < 4.78 is 25.1. The Morgan fingerprint density at radius 1 is 0.607 bits per heavy atom. The van der Waals surface area contributed by atoms with Crippen molar-refractivity contribution in [1.82, 2.24) is 0 Å². The lowest BCUT2D eigenvalue weighted by atomic mass is 9.66. The van der Waals surface area contributed by atoms with E-state index in [0.717, 1.165) is 0 Å². The third-order valence-corrected chi connectivity index (χ3v) is 7.32. The highest BCUT2D eigenvalue weighted by atomic mass is 16.7. The Morgan fingerprint density at radius 3 is 1.18 bits per heavy atom. The van der Waals surface area contributed by atoms with Gasteiger partial charge in [0.15, 0.2) is 0 Å². The maximum absolute atomic E-state index is 6.26. The Balaban J connectivity index is 1.78. The second kappa shape index (κ2) is 6.87. The number of hydrogen-bond donors (Lipinski definition) is 0. The summed E-state index contributed by atoms with van der Waals surface area (Å²) in [7, 11) is -0.514. The summed E-state index contributed by atoms with van der Waals surface area (Å²) in [6.45, 7) is 21.1. The second-order valence-electron chi connectivity index (χ2n) is 10.5. The average molecular weight is 386 g/mol. The summed E-state index contributed by atoms with van der Waals surface area (Å²) in [5.41, 5.74) is 1.14. The van der Waals surface area contributed by atoms with Gasteiger partial charge in [-0.25, -0.2) is 0 Å². The summed E-state index contributed by atoms with van der Waals surface area (Å²) in [6.07, 6.45) is 0. The van der Waals surface area contributed by atoms with Crippen LogP contribution in [-0.2, 0) is 18.6 Å². The van der Waals surface area contributed by atoms with E-state index in [1.165, 1.54) is 11.1 Å². The van der Waals surface area contributed by atoms with Gasteiger partial charge in [-0.2, -0.15) is 0 Å². The van der Waals surface area contributed by atoms with Gasteiger partial charge >= 0.3 is 14.2 Å². The van der Waals surface area contributed by atoms with Crippen molar-refractivity contribution in [3.05, 3.63) is 35.4 Å². The van der Waals surface area contributed by atoms with E-state index >= 15 is 0 Å². The maximum Gasteiger partial charge on any atom is 0.465 e. The normalized spacial score (nSPS) is 27.1. The highest BCUT2D eigenvalue weighted by molar-refractivity contribution is 6.48. The Bertz CT molecular complexity index is 640. The van der Waals surface area contributed by atoms with Crippen molar-refractivity contribution in [2.45, 2.75) is 103 Å². The molecule has 4 nitrogen and oxygen atoms in total. The molecule has 0 aliphatic carbocycles. The van der Waals surface area contributed by atoms with Crippen LogP contribution in [-0.4, -0.2) is 36.6 Å². The Morgan fingerprint density at radius 2 is 0.893 bits per heavy atom. The molecular formula is C22H36B2O4. The molecular weight excluding hydrogens is 350 g/mol. The summed E-state index contributed by atoms with van der Waals surface area (Å²) in [6, 6.07) is 8.64. The molecule has 2 heterocycles. The van der Waals surface area contributed by atoms with Crippen LogP contribution in [0.5, 0.6) is 0 Å². The average Bonchev–Trinajstić information content (AvgIpc) is 2.93. The third kappa shape index (κ3) is 3.69. The van der Waals surface area contributed by atoms with Crippen molar-refractivity contribution in [2.24, 2.45) is 0 Å². The lowest BCUT2D eigenvalue weighted by molar-refractivity contribution is 0.00578. The molecule has 0 amide bonds. The zero-order chi connectivity index (χ0) is 21.1. The van der Waals surface area contributed by atoms with Crippen LogP contribution in [0, 0.1) is 0 Å². The van der Waals surface area contributed by atoms with Gasteiger partial charge in [-0.3, -0.25) is 0 Å². The first-order valence-corrected chi connectivity index (χ1v) is 10.5. The molecule has 154 valence electrons. The second-order valence-corrected chi connectivity index (χ2v) is 10.5. The number of rotatable bonds is 4. The van der Waals surface area contributed by atoms with Crippen LogP contribution >= 0.6 is 0 Å². The first-order valence-electron chi connectivity index (χ1n) is 10.5. The van der Waals surface area contributed by atoms with Crippen molar-refractivity contribution < 1.29 is 18.6 Å². The van der Waals surface area contributed by atoms with Crippen molar-refractivity contribution >= 4 is 14.2 Å². The molecule has 1 aromatic carbocycles. The van der Waals surface area contributed by atoms with Crippen LogP contribution in [0.4, 0.5) is 0 Å². The zero-order valence-electron chi connectivity index (χ0n) is 19.3. The summed E-state index contributed by atoms with van der Waals surface area (Å²) in [4.78, 5) is 0. The van der Waals surface area contributed by atoms with Gasteiger partial charge in [0.25, 0.3) is 0 Å². The minimum atomic E-state index is -0.320. The highest BCUT2D eigenvalue weighted by Gasteiger charge is 2.54. The van der Waals surface area contributed by atoms with E-state index in [2.05, 4.69) is 93.5 Å². The van der Waals surface area contributed by atoms with Crippen LogP contribution in [0.2, 0.25) is 0 Å². The van der Waals surface area contributed by atoms with Crippen LogP contribution < -0.4 is 0 Å². The summed E-state index contributed by atoms with van der Waals surface area (Å²) in [5.74, 6) is 0.262. The fourth-order valence-electron chi connectivity index (χ4n) is 3.63. The molecule has 2 atom stereocenters. The minimum absolute atomic E-state index is 0.131. The minimum Gasteiger partial charge on any atom is -0.403 e. The van der Waals surface area contributed by atoms with Gasteiger partial charge in [-0.1, -0.05) is 38.1 Å². The summed E-state index contributed by atoms with van der Waals surface area (Å²) >= 11 is 0. The molecule has 6 heteroatoms. The SMILES string of the molecule is C[C@H](B1OC(C)(C)C(C)(C)O1)c1cccc([C@H](C)B2OC(C)(C)C(C)(C)O2)c1. The predicted molar refractivity (Wildman–Crippen MR) is 115 cm³/mol. The Hall–Kier alpha value is -0.810. The molecule has 2 saturated heterocycles. The van der Waals surface area contributed by atoms with E-state index in [9.17, 15) is 0 Å². The molecule has 0 spiro atoms. The standard InChI is InChI=1S/C22H36B2O4/c1-15(23-25-19(3,4)20(5,6)26-23)17-12-11-13-18(14-17)16(2)24-27-21(7,8)22(9,10)28-24/h11-16H,1-10H3/t15-,16-/m0/s1. The van der Waals surface area contributed by atoms with Gasteiger partial charge in [0.1, 0.15) is 0 Å². The number of hydrogen-bond acceptors (Lipinski definition) is 4. The van der Waals surface area contributed by atoms with E-state index in [-0.39, 0.29) is 48.3 Å². The van der Waals surface area contributed by atoms with Gasteiger partial charge in [-0.15, -0.1) is 0 Å². The fraction of sp³-hybridized carbons (Fsp3) is 0.727. The van der Waals surface area contributed by atoms with Crippen LogP contribution in [0.3, 0.4) is 0 Å². The Labute approximate surface area is 171 Å². The molecule has 3 rings (SSSR count). The fourth-order valence-corrected chi connectivity index (χ4v) is 3.63. The monoisotopic (exact) mass is 386 g/mol. The van der Waals surface area contributed by atoms with Gasteiger partial charge in [0, 0.05) is 11.6 Å². The largest absolute Gasteiger partial charge is 0.465 e. The van der Waals surface area contributed by atoms with E-state index in [1.54, 1.807) is 0 Å². The van der Waals surface area contributed by atoms with Crippen molar-refractivity contribution in [1.29, 1.82) is 0 Å². The quantitative estimate of drug-likeness (QED) is 0.671. The van der Waals surface area contributed by atoms with E-state index in [1.807, 2.05) is 0 Å². The summed E-state index contributed by atoms with van der Waals surface area (Å²) in [5, 5.41) is 0. The van der Waals surface area contributed by atoms with E-state index < -0.39 is 0 Å². The topological polar surface area (TPSA) is 36.9 Å². The molecule has 0 aromatic heterocycles. The molecule has 2 aliphatic heterocycles. The van der Waals surface area contributed by atoms with Gasteiger partial charge in [0.05, 0.1) is 22.4 Å². The lowest BCUT2D eigenvalue weighted by Crippen LogP contribution is -2.41. The molecule has 2 aliphatic rings. The molecule has 0 unspecified atom stereocenters. The van der Waals surface area contributed by atoms with Crippen molar-refractivity contribution in [2.75, 3.05) is 0 Å². The van der Waals surface area contributed by atoms with Gasteiger partial charge < -0.3 is 18.6 Å². The molecule has 0 bridgehead atoms. The van der Waals surface area contributed by atoms with Crippen LogP contribution in [0.1, 0.15) is 92.0 Å². The van der Waals surface area contributed by atoms with E-state index in [4.69, 9.17) is 18.6 Å². The Kier molecular flexibility index (Phi) is 5.37. The predicted octanol–water partition coefficient (Wildman–Crippen LogP) is 5.16. The molecule has 0 saturated carbocycles. The van der Waals surface area contributed by atoms with Crippen molar-refractivity contribution in [3.63, 3.8) is 0 Å². The van der Waals surface area contributed by atoms with Gasteiger partial charge in [-0.05, 0) is 66.5 Å². The number of benzene rings is 1. The first-order chi connectivity index (χ1) is 12.7. The van der Waals surface area contributed by atoms with Crippen LogP contribution in [0.25, 0.3) is 0 Å². The molecule has 28 heavy (non-hydrogen) atoms. The van der Waals surface area contributed by atoms with Crippen molar-refractivity contribution in [3.8, 4) is 0 Å². The molecule has 0 radical (unpaired) electrons.